The Kier molecular flexibility index (Phi) is 3.99. The normalized spacial score (nSPS) is 19.5. The number of fused-ring (bicyclic) bond motifs is 1. The number of nitrogens with one attached hydrogen (secondary N) is 1. The van der Waals surface area contributed by atoms with Crippen molar-refractivity contribution in [2.75, 3.05) is 26.7 Å². The molecule has 114 valence electrons. The average molecular weight is 309 g/mol. The van der Waals surface area contributed by atoms with E-state index in [1.54, 1.807) is 6.07 Å². The molecule has 2 heterocycles. The van der Waals surface area contributed by atoms with Crippen molar-refractivity contribution in [2.24, 2.45) is 5.92 Å². The van der Waals surface area contributed by atoms with Crippen LogP contribution >= 0.6 is 12.2 Å². The molecule has 6 heteroatoms. The largest absolute Gasteiger partial charge is 0.494 e. The quantitative estimate of drug-likeness (QED) is 0.881. The predicted molar refractivity (Wildman–Crippen MR) is 83.9 cm³/mol. The number of rotatable bonds is 4. The highest BCUT2D eigenvalue weighted by molar-refractivity contribution is 7.71. The van der Waals surface area contributed by atoms with Gasteiger partial charge in [0.2, 0.25) is 0 Å². The first-order chi connectivity index (χ1) is 10.1. The zero-order valence-electron chi connectivity index (χ0n) is 12.4. The number of aromatic nitrogens is 2. The maximum absolute atomic E-state index is 13.8. The first-order valence-corrected chi connectivity index (χ1v) is 7.71. The maximum atomic E-state index is 13.8. The van der Waals surface area contributed by atoms with Gasteiger partial charge < -0.3 is 19.2 Å². The third-order valence-electron chi connectivity index (χ3n) is 4.31. The number of likely N-dealkylation sites (tertiary alicyclic amines) is 1. The summed E-state index contributed by atoms with van der Waals surface area (Å²) in [5, 5.41) is 0. The van der Waals surface area contributed by atoms with Crippen molar-refractivity contribution < 1.29 is 9.13 Å². The molecule has 0 bridgehead atoms. The second kappa shape index (κ2) is 5.77. The number of benzene rings is 1. The van der Waals surface area contributed by atoms with E-state index in [2.05, 4.69) is 21.4 Å². The minimum atomic E-state index is -0.369. The highest BCUT2D eigenvalue weighted by Crippen LogP contribution is 2.26. The van der Waals surface area contributed by atoms with Crippen molar-refractivity contribution in [3.05, 3.63) is 22.7 Å². The molecular weight excluding hydrogens is 289 g/mol. The Labute approximate surface area is 128 Å². The lowest BCUT2D eigenvalue weighted by Crippen LogP contribution is -2.21. The van der Waals surface area contributed by atoms with Gasteiger partial charge in [0.25, 0.3) is 0 Å². The number of nitrogens with zero attached hydrogens (tertiary/aromatic N) is 2. The summed E-state index contributed by atoms with van der Waals surface area (Å²) >= 11 is 5.40. The Morgan fingerprint density at radius 2 is 2.29 bits per heavy atom. The van der Waals surface area contributed by atoms with Gasteiger partial charge in [0, 0.05) is 25.2 Å². The molecule has 3 rings (SSSR count). The van der Waals surface area contributed by atoms with Gasteiger partial charge in [-0.15, -0.1) is 0 Å². The summed E-state index contributed by atoms with van der Waals surface area (Å²) in [5.41, 5.74) is 1.64. The number of halogens is 1. The molecule has 1 aliphatic heterocycles. The minimum Gasteiger partial charge on any atom is -0.494 e. The topological polar surface area (TPSA) is 33.2 Å². The Morgan fingerprint density at radius 3 is 2.95 bits per heavy atom. The van der Waals surface area contributed by atoms with Gasteiger partial charge in [-0.05, 0) is 37.6 Å². The summed E-state index contributed by atoms with van der Waals surface area (Å²) in [5.74, 6) is 0.477. The molecule has 0 amide bonds. The molecule has 0 radical (unpaired) electrons. The molecule has 1 fully saturated rings. The first-order valence-electron chi connectivity index (χ1n) is 7.30. The summed E-state index contributed by atoms with van der Waals surface area (Å²) in [4.78, 5) is 5.53. The van der Waals surface area contributed by atoms with E-state index in [1.165, 1.54) is 19.6 Å². The second-order valence-electron chi connectivity index (χ2n) is 5.59. The molecule has 0 saturated carbocycles. The van der Waals surface area contributed by atoms with Crippen LogP contribution in [0.1, 0.15) is 13.3 Å². The van der Waals surface area contributed by atoms with E-state index in [0.29, 0.717) is 10.7 Å². The molecule has 0 aliphatic carbocycles. The zero-order valence-corrected chi connectivity index (χ0v) is 13.2. The lowest BCUT2D eigenvalue weighted by atomic mass is 10.1. The Balaban J connectivity index is 1.94. The average Bonchev–Trinajstić information content (AvgIpc) is 3.04. The fourth-order valence-corrected chi connectivity index (χ4v) is 3.39. The van der Waals surface area contributed by atoms with E-state index >= 15 is 0 Å². The summed E-state index contributed by atoms with van der Waals surface area (Å²) in [7, 11) is 1.48. The van der Waals surface area contributed by atoms with Crippen LogP contribution in [0.4, 0.5) is 4.39 Å². The molecule has 1 aromatic carbocycles. The van der Waals surface area contributed by atoms with Crippen molar-refractivity contribution in [3.63, 3.8) is 0 Å². The highest BCUT2D eigenvalue weighted by atomic mass is 32.1. The summed E-state index contributed by atoms with van der Waals surface area (Å²) in [6.45, 7) is 6.39. The van der Waals surface area contributed by atoms with Crippen LogP contribution in [0.25, 0.3) is 11.0 Å². The van der Waals surface area contributed by atoms with Crippen molar-refractivity contribution >= 4 is 23.3 Å². The minimum absolute atomic E-state index is 0.256. The molecule has 1 aliphatic rings. The molecule has 4 nitrogen and oxygen atoms in total. The predicted octanol–water partition coefficient (Wildman–Crippen LogP) is 3.19. The monoisotopic (exact) mass is 309 g/mol. The number of H-pyrrole nitrogens is 1. The summed E-state index contributed by atoms with van der Waals surface area (Å²) in [6.07, 6.45) is 1.18. The molecule has 2 aromatic rings. The van der Waals surface area contributed by atoms with E-state index in [4.69, 9.17) is 17.0 Å². The van der Waals surface area contributed by atoms with Crippen LogP contribution in [-0.2, 0) is 6.54 Å². The molecule has 1 aromatic heterocycles. The van der Waals surface area contributed by atoms with Crippen molar-refractivity contribution in [2.45, 2.75) is 19.9 Å². The van der Waals surface area contributed by atoms with Gasteiger partial charge in [0.15, 0.2) is 16.3 Å². The smallest absolute Gasteiger partial charge is 0.178 e. The third kappa shape index (κ3) is 2.70. The Hall–Kier alpha value is -1.40. The Bertz CT molecular complexity index is 709. The lowest BCUT2D eigenvalue weighted by molar-refractivity contribution is 0.333. The van der Waals surface area contributed by atoms with Gasteiger partial charge in [-0.2, -0.15) is 0 Å². The molecular formula is C15H20FN3OS. The molecule has 21 heavy (non-hydrogen) atoms. The van der Waals surface area contributed by atoms with Crippen molar-refractivity contribution in [1.82, 2.24) is 14.5 Å². The number of hydrogen-bond acceptors (Lipinski definition) is 3. The van der Waals surface area contributed by atoms with E-state index in [0.717, 1.165) is 37.2 Å². The molecule has 1 saturated heterocycles. The van der Waals surface area contributed by atoms with Gasteiger partial charge >= 0.3 is 0 Å². The molecule has 0 spiro atoms. The maximum Gasteiger partial charge on any atom is 0.178 e. The summed E-state index contributed by atoms with van der Waals surface area (Å²) < 4.78 is 21.6. The van der Waals surface area contributed by atoms with E-state index in [9.17, 15) is 4.39 Å². The fourth-order valence-electron chi connectivity index (χ4n) is 3.10. The number of aromatic amines is 1. The molecule has 1 atom stereocenters. The second-order valence-corrected chi connectivity index (χ2v) is 5.98. The fraction of sp³-hybridized carbons (Fsp3) is 0.533. The van der Waals surface area contributed by atoms with Crippen LogP contribution in [-0.4, -0.2) is 41.2 Å². The number of methoxy groups -OCH3 is 1. The van der Waals surface area contributed by atoms with Crippen LogP contribution in [0, 0.1) is 16.5 Å². The standard InChI is InChI=1S/C15H20FN3OS/c1-3-18-5-4-10(8-18)9-19-13-7-14(20-2)11(16)6-12(13)17-15(19)21/h6-7,10H,3-5,8-9H2,1-2H3,(H,17,21). The van der Waals surface area contributed by atoms with Crippen LogP contribution < -0.4 is 4.74 Å². The van der Waals surface area contributed by atoms with Crippen molar-refractivity contribution in [3.8, 4) is 5.75 Å². The zero-order chi connectivity index (χ0) is 15.0. The van der Waals surface area contributed by atoms with Gasteiger partial charge in [0.05, 0.1) is 18.1 Å². The molecule has 1 N–H and O–H groups in total. The number of hydrogen-bond donors (Lipinski definition) is 1. The summed E-state index contributed by atoms with van der Waals surface area (Å²) in [6, 6.07) is 3.18. The van der Waals surface area contributed by atoms with Gasteiger partial charge in [-0.3, -0.25) is 0 Å². The third-order valence-corrected chi connectivity index (χ3v) is 4.63. The van der Waals surface area contributed by atoms with E-state index in [1.807, 2.05) is 0 Å². The number of ether oxygens (including phenoxy) is 1. The van der Waals surface area contributed by atoms with Crippen LogP contribution in [0.3, 0.4) is 0 Å². The van der Waals surface area contributed by atoms with Crippen LogP contribution in [0.5, 0.6) is 5.75 Å². The van der Waals surface area contributed by atoms with Gasteiger partial charge in [-0.25, -0.2) is 4.39 Å². The van der Waals surface area contributed by atoms with Crippen LogP contribution in [0.15, 0.2) is 12.1 Å². The van der Waals surface area contributed by atoms with Gasteiger partial charge in [0.1, 0.15) is 0 Å². The van der Waals surface area contributed by atoms with Crippen LogP contribution in [0.2, 0.25) is 0 Å². The highest BCUT2D eigenvalue weighted by Gasteiger charge is 2.22. The van der Waals surface area contributed by atoms with Crippen molar-refractivity contribution in [1.29, 1.82) is 0 Å². The van der Waals surface area contributed by atoms with E-state index in [-0.39, 0.29) is 11.6 Å². The first kappa shape index (κ1) is 14.5. The molecule has 1 unspecified atom stereocenters. The van der Waals surface area contributed by atoms with Gasteiger partial charge in [-0.1, -0.05) is 6.92 Å². The SMILES string of the molecule is CCN1CCC(Cn2c(=S)[nH]c3cc(F)c(OC)cc32)C1. The number of imidazole rings is 1. The van der Waals surface area contributed by atoms with E-state index < -0.39 is 0 Å². The lowest BCUT2D eigenvalue weighted by Gasteiger charge is -2.14. The Morgan fingerprint density at radius 1 is 1.48 bits per heavy atom.